The number of aryl methyl sites for hydroxylation is 2. The summed E-state index contributed by atoms with van der Waals surface area (Å²) in [5.41, 5.74) is 8.97. The van der Waals surface area contributed by atoms with Crippen LogP contribution in [0.15, 0.2) is 29.4 Å². The van der Waals surface area contributed by atoms with Gasteiger partial charge in [0.05, 0.1) is 0 Å². The van der Waals surface area contributed by atoms with E-state index in [4.69, 9.17) is 5.73 Å². The lowest BCUT2D eigenvalue weighted by Crippen LogP contribution is -2.00. The number of hydrogen-bond acceptors (Lipinski definition) is 4. The summed E-state index contributed by atoms with van der Waals surface area (Å²) >= 11 is 1.54. The number of halogens is 1. The molecule has 0 saturated heterocycles. The maximum atomic E-state index is 13.3. The summed E-state index contributed by atoms with van der Waals surface area (Å²) in [6, 6.07) is 6.96. The molecule has 0 bridgehead atoms. The molecule has 0 amide bonds. The molecule has 0 aliphatic heterocycles. The first-order chi connectivity index (χ1) is 9.08. The zero-order chi connectivity index (χ0) is 13.8. The van der Waals surface area contributed by atoms with Gasteiger partial charge in [-0.05, 0) is 31.5 Å². The van der Waals surface area contributed by atoms with E-state index in [0.29, 0.717) is 11.3 Å². The number of nitrogens with zero attached hydrogens (tertiary/aromatic N) is 2. The van der Waals surface area contributed by atoms with Crippen LogP contribution in [-0.2, 0) is 12.3 Å². The predicted octanol–water partition coefficient (Wildman–Crippen LogP) is 2.98. The van der Waals surface area contributed by atoms with Crippen LogP contribution in [-0.4, -0.2) is 9.97 Å². The molecule has 0 aliphatic carbocycles. The third kappa shape index (κ3) is 3.75. The van der Waals surface area contributed by atoms with Gasteiger partial charge in [-0.25, -0.2) is 14.4 Å². The Bertz CT molecular complexity index is 567. The van der Waals surface area contributed by atoms with E-state index in [-0.39, 0.29) is 12.4 Å². The molecular weight excluding hydrogens is 261 g/mol. The van der Waals surface area contributed by atoms with Gasteiger partial charge in [-0.1, -0.05) is 23.9 Å². The molecule has 0 aliphatic rings. The number of nitrogens with two attached hydrogens (primary N) is 1. The van der Waals surface area contributed by atoms with Gasteiger partial charge in [-0.2, -0.15) is 0 Å². The topological polar surface area (TPSA) is 51.8 Å². The second kappa shape index (κ2) is 6.12. The fourth-order valence-corrected chi connectivity index (χ4v) is 2.67. The Hall–Kier alpha value is -1.46. The Balaban J connectivity index is 2.10. The highest BCUT2D eigenvalue weighted by atomic mass is 32.2. The van der Waals surface area contributed by atoms with Crippen molar-refractivity contribution in [1.29, 1.82) is 0 Å². The fourth-order valence-electron chi connectivity index (χ4n) is 1.78. The van der Waals surface area contributed by atoms with Gasteiger partial charge >= 0.3 is 0 Å². The smallest absolute Gasteiger partial charge is 0.188 e. The molecule has 19 heavy (non-hydrogen) atoms. The minimum atomic E-state index is -0.251. The Morgan fingerprint density at radius 2 is 1.84 bits per heavy atom. The highest BCUT2D eigenvalue weighted by Crippen LogP contribution is 2.21. The molecule has 1 heterocycles. The Morgan fingerprint density at radius 3 is 2.47 bits per heavy atom. The number of aromatic nitrogens is 2. The quantitative estimate of drug-likeness (QED) is 0.689. The van der Waals surface area contributed by atoms with Crippen LogP contribution >= 0.6 is 11.8 Å². The van der Waals surface area contributed by atoms with Crippen LogP contribution in [0, 0.1) is 19.7 Å². The first kappa shape index (κ1) is 14.0. The molecule has 2 rings (SSSR count). The second-order valence-electron chi connectivity index (χ2n) is 4.35. The fraction of sp³-hybridized carbons (Fsp3) is 0.286. The van der Waals surface area contributed by atoms with Gasteiger partial charge in [-0.3, -0.25) is 0 Å². The molecule has 3 nitrogen and oxygen atoms in total. The van der Waals surface area contributed by atoms with E-state index < -0.39 is 0 Å². The first-order valence-electron chi connectivity index (χ1n) is 6.01. The van der Waals surface area contributed by atoms with Crippen LogP contribution < -0.4 is 5.73 Å². The maximum absolute atomic E-state index is 13.3. The molecule has 0 fully saturated rings. The van der Waals surface area contributed by atoms with Gasteiger partial charge < -0.3 is 5.73 Å². The summed E-state index contributed by atoms with van der Waals surface area (Å²) in [6.45, 7) is 4.11. The van der Waals surface area contributed by atoms with E-state index >= 15 is 0 Å². The molecule has 2 aromatic rings. The van der Waals surface area contributed by atoms with Crippen LogP contribution in [0.25, 0.3) is 0 Å². The van der Waals surface area contributed by atoms with Gasteiger partial charge in [0.25, 0.3) is 0 Å². The van der Waals surface area contributed by atoms with Crippen molar-refractivity contribution in [3.8, 4) is 0 Å². The van der Waals surface area contributed by atoms with E-state index in [1.807, 2.05) is 19.9 Å². The van der Waals surface area contributed by atoms with Crippen molar-refractivity contribution in [3.05, 3.63) is 52.6 Å². The van der Waals surface area contributed by atoms with Crippen molar-refractivity contribution in [2.24, 2.45) is 5.73 Å². The zero-order valence-corrected chi connectivity index (χ0v) is 11.8. The van der Waals surface area contributed by atoms with E-state index in [9.17, 15) is 4.39 Å². The number of thioether (sulfide) groups is 1. The monoisotopic (exact) mass is 277 g/mol. The average Bonchev–Trinajstić information content (AvgIpc) is 2.36. The van der Waals surface area contributed by atoms with Gasteiger partial charge in [0.15, 0.2) is 5.16 Å². The maximum Gasteiger partial charge on any atom is 0.188 e. The molecular formula is C14H16FN3S. The SMILES string of the molecule is Cc1cc(C)nc(SCc2ccc(F)c(CN)c2)n1. The minimum absolute atomic E-state index is 0.213. The molecule has 1 aromatic heterocycles. The predicted molar refractivity (Wildman–Crippen MR) is 75.4 cm³/mol. The Kier molecular flexibility index (Phi) is 4.50. The van der Waals surface area contributed by atoms with E-state index in [1.54, 1.807) is 23.9 Å². The van der Waals surface area contributed by atoms with Crippen LogP contribution in [0.4, 0.5) is 4.39 Å². The minimum Gasteiger partial charge on any atom is -0.326 e. The Labute approximate surface area is 116 Å². The lowest BCUT2D eigenvalue weighted by Gasteiger charge is -2.05. The molecule has 0 radical (unpaired) electrons. The van der Waals surface area contributed by atoms with Crippen molar-refractivity contribution in [3.63, 3.8) is 0 Å². The highest BCUT2D eigenvalue weighted by Gasteiger charge is 2.05. The van der Waals surface area contributed by atoms with Gasteiger partial charge in [0.2, 0.25) is 0 Å². The molecule has 0 saturated carbocycles. The van der Waals surface area contributed by atoms with Crippen LogP contribution in [0.2, 0.25) is 0 Å². The normalized spacial score (nSPS) is 10.7. The third-order valence-electron chi connectivity index (χ3n) is 2.66. The third-order valence-corrected chi connectivity index (χ3v) is 3.58. The molecule has 5 heteroatoms. The average molecular weight is 277 g/mol. The molecule has 100 valence electrons. The molecule has 0 unspecified atom stereocenters. The summed E-state index contributed by atoms with van der Waals surface area (Å²) in [4.78, 5) is 8.72. The standard InChI is InChI=1S/C14H16FN3S/c1-9-5-10(2)18-14(17-9)19-8-11-3-4-13(15)12(6-11)7-16/h3-6H,7-8,16H2,1-2H3. The molecule has 2 N–H and O–H groups in total. The molecule has 1 aromatic carbocycles. The van der Waals surface area contributed by atoms with Gasteiger partial charge in [-0.15, -0.1) is 0 Å². The summed E-state index contributed by atoms with van der Waals surface area (Å²) in [7, 11) is 0. The number of benzene rings is 1. The van der Waals surface area contributed by atoms with Crippen LogP contribution in [0.1, 0.15) is 22.5 Å². The van der Waals surface area contributed by atoms with Crippen molar-refractivity contribution in [1.82, 2.24) is 9.97 Å². The lowest BCUT2D eigenvalue weighted by atomic mass is 10.1. The summed E-state index contributed by atoms with van der Waals surface area (Å²) < 4.78 is 13.3. The van der Waals surface area contributed by atoms with Gasteiger partial charge in [0, 0.05) is 29.2 Å². The largest absolute Gasteiger partial charge is 0.326 e. The van der Waals surface area contributed by atoms with Crippen molar-refractivity contribution < 1.29 is 4.39 Å². The molecule has 0 atom stereocenters. The van der Waals surface area contributed by atoms with E-state index in [0.717, 1.165) is 22.1 Å². The Morgan fingerprint density at radius 1 is 1.16 bits per heavy atom. The summed E-state index contributed by atoms with van der Waals surface area (Å²) in [5, 5.41) is 0.746. The van der Waals surface area contributed by atoms with Crippen LogP contribution in [0.3, 0.4) is 0 Å². The second-order valence-corrected chi connectivity index (χ2v) is 5.29. The van der Waals surface area contributed by atoms with Crippen molar-refractivity contribution in [2.75, 3.05) is 0 Å². The summed E-state index contributed by atoms with van der Waals surface area (Å²) in [5.74, 6) is 0.454. The number of rotatable bonds is 4. The van der Waals surface area contributed by atoms with E-state index in [1.165, 1.54) is 6.07 Å². The van der Waals surface area contributed by atoms with Gasteiger partial charge in [0.1, 0.15) is 5.82 Å². The zero-order valence-electron chi connectivity index (χ0n) is 11.0. The first-order valence-corrected chi connectivity index (χ1v) is 6.99. The lowest BCUT2D eigenvalue weighted by molar-refractivity contribution is 0.610. The molecule has 0 spiro atoms. The van der Waals surface area contributed by atoms with E-state index in [2.05, 4.69) is 9.97 Å². The summed E-state index contributed by atoms with van der Waals surface area (Å²) in [6.07, 6.45) is 0. The van der Waals surface area contributed by atoms with Crippen molar-refractivity contribution >= 4 is 11.8 Å². The highest BCUT2D eigenvalue weighted by molar-refractivity contribution is 7.98. The number of hydrogen-bond donors (Lipinski definition) is 1. The van der Waals surface area contributed by atoms with Crippen molar-refractivity contribution in [2.45, 2.75) is 31.3 Å². The van der Waals surface area contributed by atoms with Crippen LogP contribution in [0.5, 0.6) is 0 Å².